The van der Waals surface area contributed by atoms with Crippen LogP contribution in [0.4, 0.5) is 0 Å². The number of aliphatic hydroxyl groups is 1. The van der Waals surface area contributed by atoms with E-state index in [1.54, 1.807) is 6.92 Å². The maximum atomic E-state index is 12.0. The summed E-state index contributed by atoms with van der Waals surface area (Å²) >= 11 is 0. The van der Waals surface area contributed by atoms with Gasteiger partial charge in [-0.2, -0.15) is 0 Å². The van der Waals surface area contributed by atoms with Crippen molar-refractivity contribution >= 4 is 15.9 Å². The highest BCUT2D eigenvalue weighted by Crippen LogP contribution is 2.10. The van der Waals surface area contributed by atoms with Crippen LogP contribution in [0.3, 0.4) is 0 Å². The molecule has 0 radical (unpaired) electrons. The van der Waals surface area contributed by atoms with Gasteiger partial charge >= 0.3 is 0 Å². The molecule has 7 nitrogen and oxygen atoms in total. The molecule has 0 spiro atoms. The minimum Gasteiger partial charge on any atom is -0.392 e. The number of nitrogens with one attached hydrogen (secondary N) is 3. The van der Waals surface area contributed by atoms with E-state index in [4.69, 9.17) is 5.11 Å². The second-order valence-electron chi connectivity index (χ2n) is 4.55. The van der Waals surface area contributed by atoms with Gasteiger partial charge in [0, 0.05) is 32.2 Å². The van der Waals surface area contributed by atoms with Crippen molar-refractivity contribution in [1.82, 2.24) is 15.4 Å². The number of amides is 1. The fraction of sp³-hybridized carbons (Fsp3) is 0.462. The van der Waals surface area contributed by atoms with E-state index >= 15 is 0 Å². The van der Waals surface area contributed by atoms with Crippen molar-refractivity contribution in [2.24, 2.45) is 0 Å². The zero-order valence-electron chi connectivity index (χ0n) is 12.1. The fourth-order valence-electron chi connectivity index (χ4n) is 1.60. The Hall–Kier alpha value is -1.48. The molecule has 8 heteroatoms. The summed E-state index contributed by atoms with van der Waals surface area (Å²) in [7, 11) is -2.09. The van der Waals surface area contributed by atoms with E-state index in [1.165, 1.54) is 31.3 Å². The quantitative estimate of drug-likeness (QED) is 0.474. The molecule has 21 heavy (non-hydrogen) atoms. The van der Waals surface area contributed by atoms with Gasteiger partial charge in [0.1, 0.15) is 0 Å². The molecule has 0 bridgehead atoms. The number of aliphatic hydroxyl groups excluding tert-OH is 1. The molecule has 4 N–H and O–H groups in total. The van der Waals surface area contributed by atoms with Crippen LogP contribution in [0.2, 0.25) is 0 Å². The van der Waals surface area contributed by atoms with Gasteiger partial charge in [0.25, 0.3) is 5.91 Å². The van der Waals surface area contributed by atoms with Gasteiger partial charge in [0.05, 0.1) is 11.0 Å². The zero-order chi connectivity index (χ0) is 15.9. The predicted octanol–water partition coefficient (Wildman–Crippen LogP) is -0.705. The van der Waals surface area contributed by atoms with Gasteiger partial charge in [-0.25, -0.2) is 13.1 Å². The lowest BCUT2D eigenvalue weighted by atomic mass is 10.2. The molecule has 0 aliphatic heterocycles. The van der Waals surface area contributed by atoms with Crippen molar-refractivity contribution < 1.29 is 18.3 Å². The highest BCUT2D eigenvalue weighted by molar-refractivity contribution is 7.89. The summed E-state index contributed by atoms with van der Waals surface area (Å²) in [6.07, 6.45) is -0.473. The summed E-state index contributed by atoms with van der Waals surface area (Å²) in [5, 5.41) is 14.4. The highest BCUT2D eigenvalue weighted by atomic mass is 32.2. The average molecular weight is 315 g/mol. The fourth-order valence-corrected chi connectivity index (χ4v) is 2.63. The molecule has 0 fully saturated rings. The molecular weight excluding hydrogens is 294 g/mol. The Balaban J connectivity index is 2.56. The lowest BCUT2D eigenvalue weighted by Crippen LogP contribution is -2.34. The van der Waals surface area contributed by atoms with E-state index in [0.29, 0.717) is 18.7 Å². The third-order valence-corrected chi connectivity index (χ3v) is 4.16. The Labute approximate surface area is 124 Å². The summed E-state index contributed by atoms with van der Waals surface area (Å²) in [6.45, 7) is 2.68. The molecule has 1 unspecified atom stereocenters. The van der Waals surface area contributed by atoms with Crippen LogP contribution in [0.5, 0.6) is 0 Å². The first-order valence-electron chi connectivity index (χ1n) is 6.57. The topological polar surface area (TPSA) is 108 Å². The second-order valence-corrected chi connectivity index (χ2v) is 6.32. The van der Waals surface area contributed by atoms with Gasteiger partial charge in [-0.05, 0) is 31.2 Å². The Bertz CT molecular complexity index is 555. The van der Waals surface area contributed by atoms with Crippen molar-refractivity contribution in [2.45, 2.75) is 17.9 Å². The van der Waals surface area contributed by atoms with Crippen molar-refractivity contribution in [1.29, 1.82) is 0 Å². The van der Waals surface area contributed by atoms with E-state index in [0.717, 1.165) is 0 Å². The maximum Gasteiger partial charge on any atom is 0.251 e. The number of hydrogen-bond acceptors (Lipinski definition) is 5. The summed E-state index contributed by atoms with van der Waals surface area (Å²) in [5.74, 6) is -0.269. The second kappa shape index (κ2) is 8.08. The van der Waals surface area contributed by atoms with Crippen LogP contribution in [-0.4, -0.2) is 52.2 Å². The minimum absolute atomic E-state index is 0.102. The lowest BCUT2D eigenvalue weighted by Gasteiger charge is -2.09. The summed E-state index contributed by atoms with van der Waals surface area (Å²) < 4.78 is 26.4. The van der Waals surface area contributed by atoms with E-state index in [-0.39, 0.29) is 17.3 Å². The minimum atomic E-state index is -3.59. The molecule has 1 rings (SSSR count). The Morgan fingerprint density at radius 1 is 1.24 bits per heavy atom. The molecule has 0 aliphatic rings. The van der Waals surface area contributed by atoms with Crippen molar-refractivity contribution in [3.8, 4) is 0 Å². The first-order chi connectivity index (χ1) is 9.86. The van der Waals surface area contributed by atoms with Crippen molar-refractivity contribution in [3.63, 3.8) is 0 Å². The molecule has 1 aromatic rings. The molecule has 0 saturated heterocycles. The normalized spacial score (nSPS) is 12.9. The van der Waals surface area contributed by atoms with E-state index in [2.05, 4.69) is 15.4 Å². The molecule has 0 aromatic heterocycles. The molecule has 1 aromatic carbocycles. The number of benzene rings is 1. The monoisotopic (exact) mass is 315 g/mol. The van der Waals surface area contributed by atoms with Gasteiger partial charge in [-0.3, -0.25) is 4.79 Å². The molecule has 0 aliphatic carbocycles. The third kappa shape index (κ3) is 5.80. The molecule has 1 amide bonds. The molecule has 0 saturated carbocycles. The lowest BCUT2D eigenvalue weighted by molar-refractivity contribution is 0.0963. The van der Waals surface area contributed by atoms with Crippen LogP contribution in [-0.2, 0) is 10.0 Å². The van der Waals surface area contributed by atoms with Gasteiger partial charge in [-0.15, -0.1) is 0 Å². The number of hydrogen-bond donors (Lipinski definition) is 4. The third-order valence-electron chi connectivity index (χ3n) is 2.69. The number of sulfonamides is 1. The summed E-state index contributed by atoms with van der Waals surface area (Å²) in [4.78, 5) is 11.5. The number of carbonyl (C=O) groups excluding carboxylic acids is 1. The van der Waals surface area contributed by atoms with E-state index in [1.807, 2.05) is 0 Å². The van der Waals surface area contributed by atoms with Crippen LogP contribution in [0.1, 0.15) is 17.3 Å². The number of carbonyl (C=O) groups is 1. The molecule has 0 heterocycles. The molecular formula is C13H21N3O4S. The van der Waals surface area contributed by atoms with Crippen LogP contribution in [0, 0.1) is 0 Å². The summed E-state index contributed by atoms with van der Waals surface area (Å²) in [5.41, 5.74) is 0.398. The van der Waals surface area contributed by atoms with E-state index in [9.17, 15) is 13.2 Å². The highest BCUT2D eigenvalue weighted by Gasteiger charge is 2.14. The average Bonchev–Trinajstić information content (AvgIpc) is 2.45. The SMILES string of the molecule is CNC(=O)c1ccc(S(=O)(=O)NCCNCC(C)O)cc1. The zero-order valence-corrected chi connectivity index (χ0v) is 12.9. The predicted molar refractivity (Wildman–Crippen MR) is 79.6 cm³/mol. The summed E-state index contributed by atoms with van der Waals surface area (Å²) in [6, 6.07) is 5.68. The van der Waals surface area contributed by atoms with Gasteiger partial charge in [-0.1, -0.05) is 0 Å². The first kappa shape index (κ1) is 17.6. The van der Waals surface area contributed by atoms with Crippen LogP contribution < -0.4 is 15.4 Å². The molecule has 118 valence electrons. The van der Waals surface area contributed by atoms with Gasteiger partial charge in [0.2, 0.25) is 10.0 Å². The van der Waals surface area contributed by atoms with E-state index < -0.39 is 16.1 Å². The van der Waals surface area contributed by atoms with Crippen molar-refractivity contribution in [3.05, 3.63) is 29.8 Å². The molecule has 1 atom stereocenters. The smallest absolute Gasteiger partial charge is 0.251 e. The Kier molecular flexibility index (Phi) is 6.76. The Morgan fingerprint density at radius 3 is 2.38 bits per heavy atom. The van der Waals surface area contributed by atoms with Crippen LogP contribution in [0.15, 0.2) is 29.2 Å². The largest absolute Gasteiger partial charge is 0.392 e. The first-order valence-corrected chi connectivity index (χ1v) is 8.05. The number of rotatable bonds is 8. The van der Waals surface area contributed by atoms with Gasteiger partial charge < -0.3 is 15.7 Å². The standard InChI is InChI=1S/C13H21N3O4S/c1-10(17)9-15-7-8-16-21(19,20)12-5-3-11(4-6-12)13(18)14-2/h3-6,10,15-17H,7-9H2,1-2H3,(H,14,18). The van der Waals surface area contributed by atoms with Crippen molar-refractivity contribution in [2.75, 3.05) is 26.7 Å². The van der Waals surface area contributed by atoms with Crippen LogP contribution >= 0.6 is 0 Å². The maximum absolute atomic E-state index is 12.0. The Morgan fingerprint density at radius 2 is 1.86 bits per heavy atom. The van der Waals surface area contributed by atoms with Crippen LogP contribution in [0.25, 0.3) is 0 Å². The van der Waals surface area contributed by atoms with Gasteiger partial charge in [0.15, 0.2) is 0 Å².